The second-order valence-electron chi connectivity index (χ2n) is 4.32. The summed E-state index contributed by atoms with van der Waals surface area (Å²) in [5, 5.41) is 8.52. The van der Waals surface area contributed by atoms with Gasteiger partial charge in [0, 0.05) is 5.75 Å². The minimum atomic E-state index is -3.28. The number of rotatable bonds is 4. The number of nitriles is 1. The minimum absolute atomic E-state index is 0.00468. The smallest absolute Gasteiger partial charge is 0.330 e. The molecule has 0 bridgehead atoms. The first-order valence-corrected chi connectivity index (χ1v) is 7.54. The van der Waals surface area contributed by atoms with Gasteiger partial charge in [-0.3, -0.25) is 0 Å². The molecule has 0 aromatic heterocycles. The van der Waals surface area contributed by atoms with Crippen LogP contribution >= 0.6 is 0 Å². The fraction of sp³-hybridized carbons (Fsp3) is 0.667. The van der Waals surface area contributed by atoms with Crippen LogP contribution in [-0.2, 0) is 19.4 Å². The second kappa shape index (κ2) is 5.11. The van der Waals surface area contributed by atoms with E-state index < -0.39 is 26.5 Å². The van der Waals surface area contributed by atoms with Crippen molar-refractivity contribution in [1.29, 1.82) is 5.26 Å². The number of sulfone groups is 1. The highest BCUT2D eigenvalue weighted by molar-refractivity contribution is 7.92. The molecule has 100 valence electrons. The Morgan fingerprint density at radius 1 is 1.61 bits per heavy atom. The quantitative estimate of drug-likeness (QED) is 0.567. The number of hydrogen-bond donors (Lipinski definition) is 0. The maximum Gasteiger partial charge on any atom is 0.330 e. The van der Waals surface area contributed by atoms with Crippen LogP contribution in [0.5, 0.6) is 0 Å². The van der Waals surface area contributed by atoms with E-state index in [0.717, 1.165) is 0 Å². The molecule has 5 nitrogen and oxygen atoms in total. The lowest BCUT2D eigenvalue weighted by Gasteiger charge is -2.19. The maximum absolute atomic E-state index is 11.9. The van der Waals surface area contributed by atoms with E-state index in [2.05, 4.69) is 6.58 Å². The molecule has 0 N–H and O–H groups in total. The van der Waals surface area contributed by atoms with E-state index >= 15 is 0 Å². The van der Waals surface area contributed by atoms with Gasteiger partial charge in [0.25, 0.3) is 0 Å². The lowest BCUT2D eigenvalue weighted by atomic mass is 9.85. The summed E-state index contributed by atoms with van der Waals surface area (Å²) < 4.78 is 28.5. The third-order valence-electron chi connectivity index (χ3n) is 3.34. The monoisotopic (exact) mass is 271 g/mol. The summed E-state index contributed by atoms with van der Waals surface area (Å²) in [6.45, 7) is 7.04. The highest BCUT2D eigenvalue weighted by atomic mass is 32.2. The third-order valence-corrected chi connectivity index (χ3v) is 5.49. The molecule has 0 unspecified atom stereocenters. The number of carbonyl (C=O) groups is 1. The summed E-state index contributed by atoms with van der Waals surface area (Å²) in [7, 11) is -3.28. The Labute approximate surface area is 107 Å². The van der Waals surface area contributed by atoms with Crippen LogP contribution in [0.25, 0.3) is 0 Å². The lowest BCUT2D eigenvalue weighted by molar-refractivity contribution is -0.149. The molecule has 0 amide bonds. The molecule has 0 saturated heterocycles. The van der Waals surface area contributed by atoms with Crippen LogP contribution in [0.4, 0.5) is 0 Å². The highest BCUT2D eigenvalue weighted by Gasteiger charge is 2.53. The van der Waals surface area contributed by atoms with E-state index in [0.29, 0.717) is 5.57 Å². The first-order valence-electron chi connectivity index (χ1n) is 5.82. The van der Waals surface area contributed by atoms with Crippen molar-refractivity contribution < 1.29 is 17.9 Å². The average Bonchev–Trinajstić information content (AvgIpc) is 2.68. The van der Waals surface area contributed by atoms with Gasteiger partial charge in [-0.2, -0.15) is 5.26 Å². The Kier molecular flexibility index (Phi) is 4.17. The summed E-state index contributed by atoms with van der Waals surface area (Å²) in [5.41, 5.74) is -1.16. The molecule has 1 aliphatic carbocycles. The minimum Gasteiger partial charge on any atom is -0.465 e. The molecule has 18 heavy (non-hydrogen) atoms. The third kappa shape index (κ3) is 2.27. The Morgan fingerprint density at radius 3 is 2.67 bits per heavy atom. The number of nitrogens with zero attached hydrogens (tertiary/aromatic N) is 1. The Bertz CT molecular complexity index is 503. The first kappa shape index (κ1) is 14.7. The van der Waals surface area contributed by atoms with Crippen molar-refractivity contribution in [2.75, 3.05) is 12.4 Å². The van der Waals surface area contributed by atoms with Gasteiger partial charge in [0.15, 0.2) is 15.3 Å². The van der Waals surface area contributed by atoms with Crippen molar-refractivity contribution >= 4 is 15.8 Å². The zero-order valence-corrected chi connectivity index (χ0v) is 11.4. The molecule has 0 aliphatic heterocycles. The molecule has 6 heteroatoms. The Morgan fingerprint density at radius 2 is 2.22 bits per heavy atom. The van der Waals surface area contributed by atoms with Gasteiger partial charge < -0.3 is 4.74 Å². The van der Waals surface area contributed by atoms with Gasteiger partial charge in [-0.25, -0.2) is 13.2 Å². The van der Waals surface area contributed by atoms with Crippen molar-refractivity contribution in [3.63, 3.8) is 0 Å². The fourth-order valence-corrected chi connectivity index (χ4v) is 3.58. The van der Waals surface area contributed by atoms with Crippen molar-refractivity contribution in [3.8, 4) is 6.07 Å². The van der Waals surface area contributed by atoms with Gasteiger partial charge in [0.1, 0.15) is 0 Å². The van der Waals surface area contributed by atoms with Crippen LogP contribution < -0.4 is 0 Å². The number of hydrogen-bond acceptors (Lipinski definition) is 5. The van der Waals surface area contributed by atoms with Gasteiger partial charge >= 0.3 is 5.97 Å². The van der Waals surface area contributed by atoms with Crippen LogP contribution in [0, 0.1) is 16.7 Å². The van der Waals surface area contributed by atoms with Crippen molar-refractivity contribution in [1.82, 2.24) is 0 Å². The molecule has 1 aliphatic rings. The zero-order chi connectivity index (χ0) is 14.0. The Hall–Kier alpha value is -1.35. The largest absolute Gasteiger partial charge is 0.465 e. The van der Waals surface area contributed by atoms with Crippen molar-refractivity contribution in [3.05, 3.63) is 12.2 Å². The number of ether oxygens (including phenoxy) is 1. The van der Waals surface area contributed by atoms with E-state index in [9.17, 15) is 18.5 Å². The second-order valence-corrected chi connectivity index (χ2v) is 6.89. The molecule has 0 spiro atoms. The topological polar surface area (TPSA) is 84.2 Å². The predicted octanol–water partition coefficient (Wildman–Crippen LogP) is 1.21. The van der Waals surface area contributed by atoms with Gasteiger partial charge in [0.2, 0.25) is 0 Å². The molecule has 0 aromatic rings. The summed E-state index contributed by atoms with van der Waals surface area (Å²) >= 11 is 0. The standard InChI is InChI=1S/C12H17NO4S/c1-4-17-11(14)12(8-13)7-10(6-9(12)3)18(15,16)5-2/h10H,3-7H2,1-2H3/t10-,12-/m0/s1. The maximum atomic E-state index is 11.9. The number of carbonyl (C=O) groups excluding carboxylic acids is 1. The SMILES string of the molecule is C=C1C[C@H](S(=O)(=O)CC)C[C@@]1(C#N)C(=O)OCC. The van der Waals surface area contributed by atoms with E-state index in [1.807, 2.05) is 6.07 Å². The molecule has 0 radical (unpaired) electrons. The number of esters is 1. The van der Waals surface area contributed by atoms with Gasteiger partial charge in [0.05, 0.1) is 17.9 Å². The van der Waals surface area contributed by atoms with Crippen LogP contribution in [0.15, 0.2) is 12.2 Å². The fourth-order valence-electron chi connectivity index (χ4n) is 2.15. The molecule has 1 fully saturated rings. The van der Waals surface area contributed by atoms with Gasteiger partial charge in [-0.15, -0.1) is 0 Å². The summed E-state index contributed by atoms with van der Waals surface area (Å²) in [6, 6.07) is 1.90. The van der Waals surface area contributed by atoms with Gasteiger partial charge in [-0.05, 0) is 25.3 Å². The van der Waals surface area contributed by atoms with Gasteiger partial charge in [-0.1, -0.05) is 13.5 Å². The summed E-state index contributed by atoms with van der Waals surface area (Å²) in [5.74, 6) is -0.693. The van der Waals surface area contributed by atoms with Crippen LogP contribution in [-0.4, -0.2) is 32.0 Å². The van der Waals surface area contributed by atoms with E-state index in [4.69, 9.17) is 4.74 Å². The average molecular weight is 271 g/mol. The van der Waals surface area contributed by atoms with Crippen molar-refractivity contribution in [2.45, 2.75) is 31.9 Å². The molecule has 1 rings (SSSR count). The zero-order valence-electron chi connectivity index (χ0n) is 10.6. The molecule has 1 saturated carbocycles. The van der Waals surface area contributed by atoms with E-state index in [1.54, 1.807) is 13.8 Å². The molecule has 0 heterocycles. The molecule has 2 atom stereocenters. The molecule has 0 aromatic carbocycles. The Balaban J connectivity index is 3.09. The molecular formula is C12H17NO4S. The van der Waals surface area contributed by atoms with Crippen LogP contribution in [0.1, 0.15) is 26.7 Å². The van der Waals surface area contributed by atoms with E-state index in [-0.39, 0.29) is 25.2 Å². The van der Waals surface area contributed by atoms with Crippen molar-refractivity contribution in [2.24, 2.45) is 5.41 Å². The van der Waals surface area contributed by atoms with E-state index in [1.165, 1.54) is 0 Å². The summed E-state index contributed by atoms with van der Waals surface area (Å²) in [6.07, 6.45) is 0.111. The normalized spacial score (nSPS) is 27.8. The van der Waals surface area contributed by atoms with Crippen LogP contribution in [0.3, 0.4) is 0 Å². The lowest BCUT2D eigenvalue weighted by Crippen LogP contribution is -2.32. The summed E-state index contributed by atoms with van der Waals surface area (Å²) in [4.78, 5) is 11.9. The van der Waals surface area contributed by atoms with Crippen LogP contribution in [0.2, 0.25) is 0 Å². The first-order chi connectivity index (χ1) is 8.34. The predicted molar refractivity (Wildman–Crippen MR) is 66.3 cm³/mol. The highest BCUT2D eigenvalue weighted by Crippen LogP contribution is 2.45. The molecular weight excluding hydrogens is 254 g/mol.